The van der Waals surface area contributed by atoms with Gasteiger partial charge in [0.15, 0.2) is 0 Å². The van der Waals surface area contributed by atoms with E-state index in [-0.39, 0.29) is 5.91 Å². The van der Waals surface area contributed by atoms with Gasteiger partial charge >= 0.3 is 0 Å². The van der Waals surface area contributed by atoms with Gasteiger partial charge in [0.2, 0.25) is 0 Å². The van der Waals surface area contributed by atoms with Crippen molar-refractivity contribution in [1.29, 1.82) is 0 Å². The molecule has 4 aromatic rings. The van der Waals surface area contributed by atoms with Crippen molar-refractivity contribution >= 4 is 28.5 Å². The Morgan fingerprint density at radius 2 is 1.85 bits per heavy atom. The number of nitrogens with zero attached hydrogens (tertiary/aromatic N) is 2. The molecule has 2 atom stereocenters. The summed E-state index contributed by atoms with van der Waals surface area (Å²) < 4.78 is 0. The van der Waals surface area contributed by atoms with Crippen LogP contribution in [0.25, 0.3) is 11.0 Å². The minimum Gasteiger partial charge on any atom is -0.374 e. The number of halogens is 1. The van der Waals surface area contributed by atoms with Crippen molar-refractivity contribution in [3.05, 3.63) is 99.8 Å². The third-order valence-electron chi connectivity index (χ3n) is 6.44. The van der Waals surface area contributed by atoms with Crippen LogP contribution >= 0.6 is 11.6 Å². The number of H-pyrrole nitrogens is 1. The molecule has 1 aliphatic heterocycles. The van der Waals surface area contributed by atoms with Crippen LogP contribution in [0, 0.1) is 6.92 Å². The third-order valence-corrected chi connectivity index (χ3v) is 6.68. The van der Waals surface area contributed by atoms with E-state index in [1.54, 1.807) is 12.1 Å². The number of benzene rings is 3. The lowest BCUT2D eigenvalue weighted by atomic mass is 10.0. The quantitative estimate of drug-likeness (QED) is 0.362. The smallest absolute Gasteiger partial charge is 0.252 e. The summed E-state index contributed by atoms with van der Waals surface area (Å²) in [5, 5.41) is 14.5. The Labute approximate surface area is 203 Å². The maximum Gasteiger partial charge on any atom is 0.252 e. The van der Waals surface area contributed by atoms with Gasteiger partial charge in [-0.25, -0.2) is 4.98 Å². The number of carbonyl (C=O) groups excluding carboxylic acids is 1. The number of rotatable bonds is 6. The normalized spacial score (nSPS) is 16.0. The largest absolute Gasteiger partial charge is 0.374 e. The molecule has 6 nitrogen and oxygen atoms in total. The first kappa shape index (κ1) is 22.6. The molecule has 1 saturated heterocycles. The number of fused-ring (bicyclic) bond motifs is 1. The standard InChI is InChI=1S/C27H27ClN4O2/c1-17-15-19(9-11-21(17)27(34)32-13-5-6-14-32)26(33)31-24(18-7-3-2-4-8-18)25-29-22-12-10-20(28)16-23(22)30-25/h2-4,7-12,15-16,24,27,34H,5-6,13-14H2,1H3,(H,29,30)(H,31,33). The number of aromatic amines is 1. The first-order chi connectivity index (χ1) is 16.5. The van der Waals surface area contributed by atoms with E-state index in [4.69, 9.17) is 16.6 Å². The number of imidazole rings is 1. The van der Waals surface area contributed by atoms with Crippen molar-refractivity contribution < 1.29 is 9.90 Å². The molecule has 174 valence electrons. The summed E-state index contributed by atoms with van der Waals surface area (Å²) in [6, 6.07) is 20.2. The number of hydrogen-bond donors (Lipinski definition) is 3. The van der Waals surface area contributed by atoms with E-state index in [2.05, 4.69) is 15.2 Å². The highest BCUT2D eigenvalue weighted by molar-refractivity contribution is 6.31. The zero-order valence-electron chi connectivity index (χ0n) is 19.0. The molecule has 0 aliphatic carbocycles. The molecule has 3 N–H and O–H groups in total. The summed E-state index contributed by atoms with van der Waals surface area (Å²) in [6.45, 7) is 3.72. The van der Waals surface area contributed by atoms with Gasteiger partial charge < -0.3 is 15.4 Å². The number of likely N-dealkylation sites (tertiary alicyclic amines) is 1. The van der Waals surface area contributed by atoms with Gasteiger partial charge in [-0.1, -0.05) is 48.0 Å². The van der Waals surface area contributed by atoms with E-state index in [0.717, 1.165) is 53.7 Å². The molecule has 0 spiro atoms. The number of nitrogens with one attached hydrogen (secondary N) is 2. The molecule has 5 rings (SSSR count). The summed E-state index contributed by atoms with van der Waals surface area (Å²) in [6.07, 6.45) is 1.57. The van der Waals surface area contributed by atoms with Gasteiger partial charge in [-0.15, -0.1) is 0 Å². The zero-order valence-corrected chi connectivity index (χ0v) is 19.7. The highest BCUT2D eigenvalue weighted by Crippen LogP contribution is 2.27. The van der Waals surface area contributed by atoms with Gasteiger partial charge in [0.05, 0.1) is 11.0 Å². The van der Waals surface area contributed by atoms with Gasteiger partial charge in [0.25, 0.3) is 5.91 Å². The Morgan fingerprint density at radius 1 is 1.09 bits per heavy atom. The molecule has 7 heteroatoms. The predicted octanol–water partition coefficient (Wildman–Crippen LogP) is 5.13. The lowest BCUT2D eigenvalue weighted by molar-refractivity contribution is 0.0185. The number of aryl methyl sites for hydroxylation is 1. The van der Waals surface area contributed by atoms with Crippen molar-refractivity contribution in [2.24, 2.45) is 0 Å². The van der Waals surface area contributed by atoms with Crippen LogP contribution in [0.5, 0.6) is 0 Å². The molecule has 0 radical (unpaired) electrons. The van der Waals surface area contributed by atoms with Crippen molar-refractivity contribution in [3.63, 3.8) is 0 Å². The Bertz CT molecular complexity index is 1310. The van der Waals surface area contributed by atoms with Crippen LogP contribution in [0.4, 0.5) is 0 Å². The summed E-state index contributed by atoms with van der Waals surface area (Å²) >= 11 is 6.14. The monoisotopic (exact) mass is 474 g/mol. The molecule has 1 fully saturated rings. The predicted molar refractivity (Wildman–Crippen MR) is 134 cm³/mol. The molecule has 2 heterocycles. The van der Waals surface area contributed by atoms with Crippen molar-refractivity contribution in [3.8, 4) is 0 Å². The summed E-state index contributed by atoms with van der Waals surface area (Å²) in [5.74, 6) is 0.423. The fourth-order valence-corrected chi connectivity index (χ4v) is 4.77. The van der Waals surface area contributed by atoms with E-state index in [9.17, 15) is 9.90 Å². The SMILES string of the molecule is Cc1cc(C(=O)NC(c2ccccc2)c2nc3ccc(Cl)cc3[nH]2)ccc1C(O)N1CCCC1. The number of carbonyl (C=O) groups is 1. The fourth-order valence-electron chi connectivity index (χ4n) is 4.60. The number of aliphatic hydroxyl groups is 1. The van der Waals surface area contributed by atoms with Gasteiger partial charge in [-0.05, 0) is 66.8 Å². The zero-order chi connectivity index (χ0) is 23.7. The summed E-state index contributed by atoms with van der Waals surface area (Å²) in [5.41, 5.74) is 4.78. The van der Waals surface area contributed by atoms with Crippen LogP contribution in [0.3, 0.4) is 0 Å². The highest BCUT2D eigenvalue weighted by Gasteiger charge is 2.24. The molecule has 2 unspecified atom stereocenters. The van der Waals surface area contributed by atoms with Crippen LogP contribution in [-0.2, 0) is 0 Å². The lowest BCUT2D eigenvalue weighted by Gasteiger charge is -2.24. The average Bonchev–Trinajstić information content (AvgIpc) is 3.52. The number of aliphatic hydroxyl groups excluding tert-OH is 1. The summed E-state index contributed by atoms with van der Waals surface area (Å²) in [4.78, 5) is 23.4. The van der Waals surface area contributed by atoms with Crippen LogP contribution < -0.4 is 5.32 Å². The van der Waals surface area contributed by atoms with E-state index >= 15 is 0 Å². The molecular formula is C27H27ClN4O2. The van der Waals surface area contributed by atoms with Crippen LogP contribution in [0.15, 0.2) is 66.7 Å². The van der Waals surface area contributed by atoms with E-state index in [1.165, 1.54) is 0 Å². The Hall–Kier alpha value is -3.19. The first-order valence-corrected chi connectivity index (χ1v) is 11.9. The van der Waals surface area contributed by atoms with Crippen LogP contribution in [-0.4, -0.2) is 39.0 Å². The molecule has 1 aromatic heterocycles. The Kier molecular flexibility index (Phi) is 6.37. The van der Waals surface area contributed by atoms with Crippen molar-refractivity contribution in [1.82, 2.24) is 20.2 Å². The molecule has 1 amide bonds. The minimum atomic E-state index is -0.640. The Balaban J connectivity index is 1.43. The number of hydrogen-bond acceptors (Lipinski definition) is 4. The van der Waals surface area contributed by atoms with Gasteiger partial charge in [0.1, 0.15) is 18.1 Å². The van der Waals surface area contributed by atoms with Gasteiger partial charge in [-0.2, -0.15) is 0 Å². The highest BCUT2D eigenvalue weighted by atomic mass is 35.5. The molecular weight excluding hydrogens is 448 g/mol. The van der Waals surface area contributed by atoms with E-state index in [1.807, 2.05) is 61.5 Å². The maximum atomic E-state index is 13.3. The number of amides is 1. The third kappa shape index (κ3) is 4.57. The molecule has 1 aliphatic rings. The van der Waals surface area contributed by atoms with Crippen molar-refractivity contribution in [2.45, 2.75) is 32.0 Å². The van der Waals surface area contributed by atoms with E-state index < -0.39 is 12.3 Å². The van der Waals surface area contributed by atoms with Crippen molar-refractivity contribution in [2.75, 3.05) is 13.1 Å². The van der Waals surface area contributed by atoms with E-state index in [0.29, 0.717) is 16.4 Å². The lowest BCUT2D eigenvalue weighted by Crippen LogP contribution is -2.30. The second-order valence-electron chi connectivity index (χ2n) is 8.79. The fraction of sp³-hybridized carbons (Fsp3) is 0.259. The molecule has 0 bridgehead atoms. The average molecular weight is 475 g/mol. The van der Waals surface area contributed by atoms with Crippen LogP contribution in [0.1, 0.15) is 58.0 Å². The van der Waals surface area contributed by atoms with Gasteiger partial charge in [0, 0.05) is 23.7 Å². The first-order valence-electron chi connectivity index (χ1n) is 11.5. The van der Waals surface area contributed by atoms with Gasteiger partial charge in [-0.3, -0.25) is 9.69 Å². The second kappa shape index (κ2) is 9.58. The van der Waals surface area contributed by atoms with Crippen LogP contribution in [0.2, 0.25) is 5.02 Å². The minimum absolute atomic E-state index is 0.211. The number of aromatic nitrogens is 2. The maximum absolute atomic E-state index is 13.3. The Morgan fingerprint density at radius 3 is 2.59 bits per heavy atom. The molecule has 0 saturated carbocycles. The summed E-state index contributed by atoms with van der Waals surface area (Å²) in [7, 11) is 0. The topological polar surface area (TPSA) is 81.2 Å². The second-order valence-corrected chi connectivity index (χ2v) is 9.23. The molecule has 34 heavy (non-hydrogen) atoms. The molecule has 3 aromatic carbocycles.